The lowest BCUT2D eigenvalue weighted by atomic mass is 9.81. The summed E-state index contributed by atoms with van der Waals surface area (Å²) in [6, 6.07) is 19.0. The van der Waals surface area contributed by atoms with Crippen molar-refractivity contribution in [1.82, 2.24) is 4.90 Å². The summed E-state index contributed by atoms with van der Waals surface area (Å²) in [7, 11) is 3.90. The Morgan fingerprint density at radius 2 is 1.77 bits per heavy atom. The van der Waals surface area contributed by atoms with Crippen molar-refractivity contribution in [1.29, 1.82) is 0 Å². The van der Waals surface area contributed by atoms with E-state index in [0.717, 1.165) is 25.1 Å². The summed E-state index contributed by atoms with van der Waals surface area (Å²) in [6.07, 6.45) is 7.74. The van der Waals surface area contributed by atoms with Gasteiger partial charge < -0.3 is 15.2 Å². The Balaban J connectivity index is 1.87. The van der Waals surface area contributed by atoms with Gasteiger partial charge in [0.15, 0.2) is 0 Å². The fourth-order valence-corrected chi connectivity index (χ4v) is 4.07. The van der Waals surface area contributed by atoms with E-state index in [-0.39, 0.29) is 5.54 Å². The molecule has 2 aromatic carbocycles. The highest BCUT2D eigenvalue weighted by Gasteiger charge is 2.34. The molecule has 0 heterocycles. The van der Waals surface area contributed by atoms with Crippen molar-refractivity contribution in [3.8, 4) is 0 Å². The van der Waals surface area contributed by atoms with Crippen LogP contribution in [0.15, 0.2) is 78.5 Å². The van der Waals surface area contributed by atoms with Crippen LogP contribution in [0, 0.1) is 0 Å². The Hall–Kier alpha value is -2.40. The minimum atomic E-state index is -0.421. The van der Waals surface area contributed by atoms with Crippen molar-refractivity contribution in [2.45, 2.75) is 44.4 Å². The first-order chi connectivity index (χ1) is 14.9. The van der Waals surface area contributed by atoms with Gasteiger partial charge in [0.05, 0.1) is 18.8 Å². The number of hydrogen-bond donors (Lipinski definition) is 1. The number of hydrogen-bond acceptors (Lipinski definition) is 4. The van der Waals surface area contributed by atoms with Gasteiger partial charge in [-0.2, -0.15) is 0 Å². The lowest BCUT2D eigenvalue weighted by Crippen LogP contribution is -2.42. The van der Waals surface area contributed by atoms with E-state index in [1.807, 2.05) is 24.3 Å². The van der Waals surface area contributed by atoms with E-state index >= 15 is 0 Å². The van der Waals surface area contributed by atoms with Crippen molar-refractivity contribution in [3.05, 3.63) is 95.2 Å². The first-order valence-corrected chi connectivity index (χ1v) is 11.0. The highest BCUT2D eigenvalue weighted by Crippen LogP contribution is 2.35. The van der Waals surface area contributed by atoms with E-state index in [9.17, 15) is 0 Å². The average Bonchev–Trinajstić information content (AvgIpc) is 2.79. The summed E-state index contributed by atoms with van der Waals surface area (Å²) in [5.74, 6) is 0. The number of methoxy groups -OCH3 is 1. The lowest BCUT2D eigenvalue weighted by Gasteiger charge is -2.39. The molecule has 0 amide bonds. The quantitative estimate of drug-likeness (QED) is 0.600. The molecule has 0 aromatic heterocycles. The van der Waals surface area contributed by atoms with Gasteiger partial charge in [0.25, 0.3) is 0 Å². The van der Waals surface area contributed by atoms with E-state index in [0.29, 0.717) is 13.2 Å². The maximum atomic E-state index is 6.58. The lowest BCUT2D eigenvalue weighted by molar-refractivity contribution is -0.0196. The summed E-state index contributed by atoms with van der Waals surface area (Å²) >= 11 is 0. The smallest absolute Gasteiger partial charge is 0.0946 e. The van der Waals surface area contributed by atoms with E-state index in [2.05, 4.69) is 74.3 Å². The van der Waals surface area contributed by atoms with Crippen LogP contribution in [0.5, 0.6) is 0 Å². The van der Waals surface area contributed by atoms with Gasteiger partial charge >= 0.3 is 0 Å². The standard InChI is InChI=1S/C27H36N2O2/c1-26(2,29(3)18-19-30-4)25-13-9-8-12-23(25)20-27(16-14-24(28)15-17-27)31-21-22-10-6-5-7-11-22/h5-16H,17-21,28H2,1-4H3. The summed E-state index contributed by atoms with van der Waals surface area (Å²) in [5.41, 5.74) is 10.1. The van der Waals surface area contributed by atoms with Gasteiger partial charge in [-0.1, -0.05) is 66.7 Å². The van der Waals surface area contributed by atoms with E-state index < -0.39 is 5.60 Å². The number of nitrogens with zero attached hydrogens (tertiary/aromatic N) is 1. The van der Waals surface area contributed by atoms with E-state index in [1.165, 1.54) is 16.7 Å². The summed E-state index contributed by atoms with van der Waals surface area (Å²) < 4.78 is 11.9. The third-order valence-corrected chi connectivity index (χ3v) is 6.38. The Labute approximate surface area is 187 Å². The van der Waals surface area contributed by atoms with Crippen LogP contribution in [-0.2, 0) is 28.0 Å². The van der Waals surface area contributed by atoms with Crippen LogP contribution >= 0.6 is 0 Å². The highest BCUT2D eigenvalue weighted by molar-refractivity contribution is 5.37. The number of allylic oxidation sites excluding steroid dienone is 1. The van der Waals surface area contributed by atoms with Crippen LogP contribution < -0.4 is 5.73 Å². The van der Waals surface area contributed by atoms with Crippen molar-refractivity contribution >= 4 is 0 Å². The zero-order valence-electron chi connectivity index (χ0n) is 19.3. The van der Waals surface area contributed by atoms with Crippen LogP contribution in [0.4, 0.5) is 0 Å². The second-order valence-corrected chi connectivity index (χ2v) is 8.89. The van der Waals surface area contributed by atoms with Crippen molar-refractivity contribution < 1.29 is 9.47 Å². The third-order valence-electron chi connectivity index (χ3n) is 6.38. The molecule has 0 saturated carbocycles. The molecule has 2 N–H and O–H groups in total. The molecule has 1 atom stereocenters. The molecule has 31 heavy (non-hydrogen) atoms. The van der Waals surface area contributed by atoms with Crippen LogP contribution in [-0.4, -0.2) is 37.8 Å². The number of nitrogens with two attached hydrogens (primary N) is 1. The molecule has 166 valence electrons. The predicted molar refractivity (Wildman–Crippen MR) is 128 cm³/mol. The van der Waals surface area contributed by atoms with Crippen molar-refractivity contribution in [2.75, 3.05) is 27.3 Å². The van der Waals surface area contributed by atoms with Crippen LogP contribution in [0.25, 0.3) is 0 Å². The molecule has 1 unspecified atom stereocenters. The van der Waals surface area contributed by atoms with Crippen LogP contribution in [0.2, 0.25) is 0 Å². The molecule has 2 aromatic rings. The number of likely N-dealkylation sites (N-methyl/N-ethyl adjacent to an activating group) is 1. The van der Waals surface area contributed by atoms with Gasteiger partial charge in [-0.3, -0.25) is 4.90 Å². The summed E-state index contributed by atoms with van der Waals surface area (Å²) in [4.78, 5) is 2.35. The normalized spacial score (nSPS) is 18.9. The van der Waals surface area contributed by atoms with Gasteiger partial charge in [-0.25, -0.2) is 0 Å². The molecular weight excluding hydrogens is 384 g/mol. The van der Waals surface area contributed by atoms with E-state index in [4.69, 9.17) is 15.2 Å². The van der Waals surface area contributed by atoms with Gasteiger partial charge in [0.1, 0.15) is 0 Å². The maximum absolute atomic E-state index is 6.58. The van der Waals surface area contributed by atoms with Gasteiger partial charge in [-0.05, 0) is 43.7 Å². The predicted octanol–water partition coefficient (Wildman–Crippen LogP) is 4.80. The maximum Gasteiger partial charge on any atom is 0.0946 e. The molecular formula is C27H36N2O2. The fourth-order valence-electron chi connectivity index (χ4n) is 4.07. The minimum Gasteiger partial charge on any atom is -0.399 e. The molecule has 1 aliphatic carbocycles. The molecule has 0 bridgehead atoms. The zero-order chi connectivity index (χ0) is 22.3. The monoisotopic (exact) mass is 420 g/mol. The largest absolute Gasteiger partial charge is 0.399 e. The summed E-state index contributed by atoms with van der Waals surface area (Å²) in [5, 5.41) is 0. The molecule has 0 fully saturated rings. The number of benzene rings is 2. The van der Waals surface area contributed by atoms with Gasteiger partial charge in [0, 0.05) is 37.7 Å². The van der Waals surface area contributed by atoms with Crippen molar-refractivity contribution in [3.63, 3.8) is 0 Å². The van der Waals surface area contributed by atoms with Crippen LogP contribution in [0.3, 0.4) is 0 Å². The Morgan fingerprint density at radius 1 is 1.06 bits per heavy atom. The molecule has 4 nitrogen and oxygen atoms in total. The first kappa shape index (κ1) is 23.3. The molecule has 0 aliphatic heterocycles. The molecule has 1 aliphatic rings. The third kappa shape index (κ3) is 5.85. The molecule has 0 saturated heterocycles. The Bertz CT molecular complexity index is 904. The topological polar surface area (TPSA) is 47.7 Å². The zero-order valence-corrected chi connectivity index (χ0v) is 19.3. The van der Waals surface area contributed by atoms with Gasteiger partial charge in [-0.15, -0.1) is 0 Å². The Morgan fingerprint density at radius 3 is 2.45 bits per heavy atom. The SMILES string of the molecule is COCCN(C)C(C)(C)c1ccccc1CC1(OCc2ccccc2)C=CC(N)=CC1. The fraction of sp³-hybridized carbons (Fsp3) is 0.407. The highest BCUT2D eigenvalue weighted by atomic mass is 16.5. The number of ether oxygens (including phenoxy) is 2. The van der Waals surface area contributed by atoms with Gasteiger partial charge in [0.2, 0.25) is 0 Å². The summed E-state index contributed by atoms with van der Waals surface area (Å²) in [6.45, 7) is 6.69. The molecule has 3 rings (SSSR count). The second-order valence-electron chi connectivity index (χ2n) is 8.89. The molecule has 0 radical (unpaired) electrons. The Kier molecular flexibility index (Phi) is 7.71. The first-order valence-electron chi connectivity index (χ1n) is 11.0. The molecule has 0 spiro atoms. The minimum absolute atomic E-state index is 0.136. The second kappa shape index (κ2) is 10.3. The van der Waals surface area contributed by atoms with Crippen molar-refractivity contribution in [2.24, 2.45) is 5.73 Å². The average molecular weight is 421 g/mol. The van der Waals surface area contributed by atoms with Crippen LogP contribution in [0.1, 0.15) is 37.0 Å². The van der Waals surface area contributed by atoms with E-state index in [1.54, 1.807) is 7.11 Å². The number of rotatable bonds is 10. The molecule has 4 heteroatoms.